The van der Waals surface area contributed by atoms with Gasteiger partial charge in [-0.2, -0.15) is 34.8 Å². The van der Waals surface area contributed by atoms with E-state index in [0.29, 0.717) is 18.0 Å². The number of benzene rings is 2. The smallest absolute Gasteiger partial charge is 0.490 e. The standard InChI is InChI=1S/C21H14F6N2O6S/c1-33-18-14(35-36(31,32)21(25,26)27)8-7-13-16(30)15(19(20(22,23)24)34-17(13)18)11(9-28)10-29-12-5-3-2-4-6-12/h2-10H,28H2,1H3/b11-9+,29-10?. The van der Waals surface area contributed by atoms with Crippen LogP contribution in [-0.4, -0.2) is 27.3 Å². The molecule has 0 unspecified atom stereocenters. The SMILES string of the molecule is COc1c(OS(=O)(=O)C(F)(F)F)ccc2c(=O)c(/C(C=Nc3ccccc3)=C/N)c(C(F)(F)F)oc12. The number of nitrogens with zero attached hydrogens (tertiary/aromatic N) is 1. The molecule has 0 atom stereocenters. The van der Waals surface area contributed by atoms with Crippen LogP contribution in [-0.2, 0) is 16.3 Å². The van der Waals surface area contributed by atoms with Gasteiger partial charge in [0.05, 0.1) is 23.7 Å². The Kier molecular flexibility index (Phi) is 7.06. The van der Waals surface area contributed by atoms with Gasteiger partial charge >= 0.3 is 21.8 Å². The molecule has 0 aliphatic heterocycles. The molecule has 3 aromatic rings. The van der Waals surface area contributed by atoms with Crippen molar-refractivity contribution in [3.63, 3.8) is 0 Å². The van der Waals surface area contributed by atoms with E-state index in [1.54, 1.807) is 18.2 Å². The van der Waals surface area contributed by atoms with Gasteiger partial charge in [0.2, 0.25) is 16.9 Å². The van der Waals surface area contributed by atoms with Crippen molar-refractivity contribution in [3.05, 3.63) is 70.2 Å². The quantitative estimate of drug-likeness (QED) is 0.209. The monoisotopic (exact) mass is 536 g/mol. The number of fused-ring (bicyclic) bond motifs is 1. The van der Waals surface area contributed by atoms with Crippen molar-refractivity contribution in [1.82, 2.24) is 0 Å². The van der Waals surface area contributed by atoms with Gasteiger partial charge in [-0.3, -0.25) is 9.79 Å². The molecule has 8 nitrogen and oxygen atoms in total. The molecule has 0 aliphatic carbocycles. The lowest BCUT2D eigenvalue weighted by molar-refractivity contribution is -0.153. The summed E-state index contributed by atoms with van der Waals surface area (Å²) in [5.41, 5.74) is -3.91. The summed E-state index contributed by atoms with van der Waals surface area (Å²) in [4.78, 5) is 17.1. The molecular weight excluding hydrogens is 522 g/mol. The van der Waals surface area contributed by atoms with E-state index in [2.05, 4.69) is 9.18 Å². The fourth-order valence-corrected chi connectivity index (χ4v) is 3.41. The Balaban J connectivity index is 2.29. The van der Waals surface area contributed by atoms with Crippen LogP contribution in [0.25, 0.3) is 16.5 Å². The maximum absolute atomic E-state index is 13.9. The Labute approximate surface area is 198 Å². The predicted octanol–water partition coefficient (Wildman–Crippen LogP) is 4.75. The fourth-order valence-electron chi connectivity index (χ4n) is 2.95. The fraction of sp³-hybridized carbons (Fsp3) is 0.143. The van der Waals surface area contributed by atoms with Gasteiger partial charge in [-0.25, -0.2) is 0 Å². The van der Waals surface area contributed by atoms with Gasteiger partial charge in [0.15, 0.2) is 11.3 Å². The average molecular weight is 536 g/mol. The van der Waals surface area contributed by atoms with Crippen LogP contribution in [0.1, 0.15) is 11.3 Å². The summed E-state index contributed by atoms with van der Waals surface area (Å²) in [5.74, 6) is -4.04. The topological polar surface area (TPSA) is 121 Å². The first-order valence-corrected chi connectivity index (χ1v) is 10.9. The first-order valence-electron chi connectivity index (χ1n) is 9.48. The lowest BCUT2D eigenvalue weighted by Crippen LogP contribution is -2.28. The molecule has 1 heterocycles. The minimum absolute atomic E-state index is 0.324. The number of allylic oxidation sites excluding steroid dienone is 1. The van der Waals surface area contributed by atoms with E-state index >= 15 is 0 Å². The van der Waals surface area contributed by atoms with Crippen LogP contribution in [0.5, 0.6) is 11.5 Å². The number of alkyl halides is 6. The largest absolute Gasteiger partial charge is 0.534 e. The third-order valence-electron chi connectivity index (χ3n) is 4.50. The van der Waals surface area contributed by atoms with Crippen LogP contribution in [0.3, 0.4) is 0 Å². The Hall–Kier alpha value is -4.01. The van der Waals surface area contributed by atoms with Crippen molar-refractivity contribution in [3.8, 4) is 11.5 Å². The summed E-state index contributed by atoms with van der Waals surface area (Å²) in [7, 11) is -5.43. The molecule has 0 fully saturated rings. The van der Waals surface area contributed by atoms with Gasteiger partial charge in [0, 0.05) is 18.0 Å². The van der Waals surface area contributed by atoms with Crippen molar-refractivity contribution in [2.45, 2.75) is 11.7 Å². The third-order valence-corrected chi connectivity index (χ3v) is 5.47. The van der Waals surface area contributed by atoms with Crippen molar-refractivity contribution < 1.29 is 48.1 Å². The van der Waals surface area contributed by atoms with Crippen molar-refractivity contribution in [2.75, 3.05) is 7.11 Å². The number of hydrogen-bond acceptors (Lipinski definition) is 8. The number of para-hydroxylation sites is 1. The number of aliphatic imine (C=N–C) groups is 1. The molecule has 0 saturated heterocycles. The van der Waals surface area contributed by atoms with Crippen LogP contribution >= 0.6 is 0 Å². The Morgan fingerprint density at radius 1 is 1.06 bits per heavy atom. The molecule has 0 radical (unpaired) electrons. The Morgan fingerprint density at radius 3 is 2.22 bits per heavy atom. The van der Waals surface area contributed by atoms with Gasteiger partial charge in [0.25, 0.3) is 0 Å². The van der Waals surface area contributed by atoms with Crippen LogP contribution in [0, 0.1) is 0 Å². The summed E-state index contributed by atoms with van der Waals surface area (Å²) in [6.45, 7) is 0. The summed E-state index contributed by atoms with van der Waals surface area (Å²) in [6.07, 6.45) is -3.73. The van der Waals surface area contributed by atoms with Gasteiger partial charge in [0.1, 0.15) is 0 Å². The molecule has 2 aromatic carbocycles. The van der Waals surface area contributed by atoms with Gasteiger partial charge < -0.3 is 19.1 Å². The van der Waals surface area contributed by atoms with Crippen molar-refractivity contribution in [2.24, 2.45) is 10.7 Å². The molecule has 3 rings (SSSR count). The molecule has 0 amide bonds. The zero-order chi connectivity index (χ0) is 26.9. The molecule has 0 bridgehead atoms. The maximum Gasteiger partial charge on any atom is 0.534 e. The second-order valence-electron chi connectivity index (χ2n) is 6.81. The molecule has 1 aromatic heterocycles. The highest BCUT2D eigenvalue weighted by atomic mass is 32.2. The zero-order valence-corrected chi connectivity index (χ0v) is 18.7. The first-order chi connectivity index (χ1) is 16.7. The zero-order valence-electron chi connectivity index (χ0n) is 17.8. The molecule has 2 N–H and O–H groups in total. The summed E-state index contributed by atoms with van der Waals surface area (Å²) < 4.78 is 116. The summed E-state index contributed by atoms with van der Waals surface area (Å²) in [5, 5.41) is -0.598. The number of hydrogen-bond donors (Lipinski definition) is 1. The molecule has 0 spiro atoms. The second-order valence-corrected chi connectivity index (χ2v) is 8.34. The lowest BCUT2D eigenvalue weighted by Gasteiger charge is -2.16. The van der Waals surface area contributed by atoms with E-state index in [1.807, 2.05) is 0 Å². The minimum atomic E-state index is -6.23. The number of nitrogens with two attached hydrogens (primary N) is 1. The van der Waals surface area contributed by atoms with Gasteiger partial charge in [-0.05, 0) is 24.3 Å². The van der Waals surface area contributed by atoms with Crippen LogP contribution < -0.4 is 20.1 Å². The van der Waals surface area contributed by atoms with Crippen LogP contribution in [0.4, 0.5) is 32.0 Å². The molecule has 36 heavy (non-hydrogen) atoms. The molecule has 15 heteroatoms. The predicted molar refractivity (Wildman–Crippen MR) is 116 cm³/mol. The Morgan fingerprint density at radius 2 is 1.69 bits per heavy atom. The first kappa shape index (κ1) is 26.6. The van der Waals surface area contributed by atoms with E-state index in [4.69, 9.17) is 14.9 Å². The number of halogens is 6. The number of ether oxygens (including phenoxy) is 1. The highest BCUT2D eigenvalue weighted by Gasteiger charge is 2.49. The lowest BCUT2D eigenvalue weighted by atomic mass is 10.0. The van der Waals surface area contributed by atoms with Gasteiger partial charge in [-0.15, -0.1) is 0 Å². The van der Waals surface area contributed by atoms with E-state index < -0.39 is 66.6 Å². The minimum Gasteiger partial charge on any atom is -0.490 e. The summed E-state index contributed by atoms with van der Waals surface area (Å²) >= 11 is 0. The normalized spacial score (nSPS) is 13.4. The number of rotatable bonds is 6. The molecule has 0 saturated carbocycles. The van der Waals surface area contributed by atoms with Crippen molar-refractivity contribution >= 4 is 38.6 Å². The number of methoxy groups -OCH3 is 1. The van der Waals surface area contributed by atoms with Gasteiger partial charge in [-0.1, -0.05) is 18.2 Å². The molecule has 192 valence electrons. The highest BCUT2D eigenvalue weighted by molar-refractivity contribution is 7.88. The second kappa shape index (κ2) is 9.56. The molecule has 0 aliphatic rings. The van der Waals surface area contributed by atoms with E-state index in [1.165, 1.54) is 12.1 Å². The van der Waals surface area contributed by atoms with E-state index in [0.717, 1.165) is 19.4 Å². The average Bonchev–Trinajstić information content (AvgIpc) is 2.79. The highest BCUT2D eigenvalue weighted by Crippen LogP contribution is 2.41. The van der Waals surface area contributed by atoms with Crippen molar-refractivity contribution in [1.29, 1.82) is 0 Å². The summed E-state index contributed by atoms with van der Waals surface area (Å²) in [6, 6.07) is 9.26. The third kappa shape index (κ3) is 5.15. The van der Waals surface area contributed by atoms with Crippen LogP contribution in [0.15, 0.2) is 62.9 Å². The van der Waals surface area contributed by atoms with E-state index in [9.17, 15) is 39.6 Å². The van der Waals surface area contributed by atoms with E-state index in [-0.39, 0.29) is 0 Å². The van der Waals surface area contributed by atoms with Crippen LogP contribution in [0.2, 0.25) is 0 Å². The molecular formula is C21H14F6N2O6S. The Bertz CT molecular complexity index is 1510. The maximum atomic E-state index is 13.9.